The molecule has 0 bridgehead atoms. The number of carbonyl (C=O) groups excluding carboxylic acids is 1. The number of H-pyrrole nitrogens is 1. The molecule has 0 fully saturated rings. The number of nitrogens with one attached hydrogen (secondary N) is 2. The fourth-order valence-corrected chi connectivity index (χ4v) is 2.12. The number of rotatable bonds is 2. The van der Waals surface area contributed by atoms with Crippen LogP contribution >= 0.6 is 0 Å². The topological polar surface area (TPSA) is 81.6 Å². The van der Waals surface area contributed by atoms with E-state index in [1.165, 1.54) is 18.2 Å². The van der Waals surface area contributed by atoms with Crippen LogP contribution in [-0.2, 0) is 6.18 Å². The summed E-state index contributed by atoms with van der Waals surface area (Å²) in [5.41, 5.74) is 1.35. The van der Waals surface area contributed by atoms with Crippen LogP contribution in [0.15, 0.2) is 42.5 Å². The molecule has 2 N–H and O–H groups in total. The molecule has 5 nitrogen and oxygen atoms in total. The van der Waals surface area contributed by atoms with Crippen LogP contribution in [0.5, 0.6) is 0 Å². The molecule has 8 heteroatoms. The average molecular weight is 330 g/mol. The van der Waals surface area contributed by atoms with Crippen LogP contribution in [0.4, 0.5) is 18.9 Å². The van der Waals surface area contributed by atoms with Crippen LogP contribution in [0.3, 0.4) is 0 Å². The number of alkyl halides is 3. The molecule has 0 saturated heterocycles. The number of benzene rings is 2. The molecule has 24 heavy (non-hydrogen) atoms. The Morgan fingerprint density at radius 3 is 2.50 bits per heavy atom. The summed E-state index contributed by atoms with van der Waals surface area (Å²) in [5.74, 6) is -1.59. The van der Waals surface area contributed by atoms with Gasteiger partial charge in [0.1, 0.15) is 0 Å². The SMILES string of the molecule is N#Cc1ccc(NC(=O)c2ccc3nc(C(F)(F)F)[nH]c3c2)cc1. The number of aromatic nitrogens is 2. The molecular formula is C16H9F3N4O. The van der Waals surface area contributed by atoms with Crippen LogP contribution < -0.4 is 5.32 Å². The van der Waals surface area contributed by atoms with Crippen molar-refractivity contribution in [1.82, 2.24) is 9.97 Å². The fourth-order valence-electron chi connectivity index (χ4n) is 2.12. The van der Waals surface area contributed by atoms with Gasteiger partial charge in [-0.2, -0.15) is 18.4 Å². The number of imidazole rings is 1. The van der Waals surface area contributed by atoms with Crippen molar-refractivity contribution in [2.75, 3.05) is 5.32 Å². The second kappa shape index (κ2) is 5.70. The van der Waals surface area contributed by atoms with E-state index in [4.69, 9.17) is 5.26 Å². The third-order valence-electron chi connectivity index (χ3n) is 3.28. The fraction of sp³-hybridized carbons (Fsp3) is 0.0625. The highest BCUT2D eigenvalue weighted by molar-refractivity contribution is 6.05. The summed E-state index contributed by atoms with van der Waals surface area (Å²) in [5, 5.41) is 11.3. The number of anilines is 1. The van der Waals surface area contributed by atoms with Crippen LogP contribution in [0.1, 0.15) is 21.7 Å². The van der Waals surface area contributed by atoms with Crippen molar-refractivity contribution in [1.29, 1.82) is 5.26 Å². The maximum absolute atomic E-state index is 12.6. The molecule has 0 spiro atoms. The van der Waals surface area contributed by atoms with Gasteiger partial charge in [-0.25, -0.2) is 4.98 Å². The molecule has 1 heterocycles. The summed E-state index contributed by atoms with van der Waals surface area (Å²) in [4.78, 5) is 17.8. The molecule has 0 aliphatic heterocycles. The number of hydrogen-bond acceptors (Lipinski definition) is 3. The highest BCUT2D eigenvalue weighted by atomic mass is 19.4. The molecule has 3 rings (SSSR count). The molecular weight excluding hydrogens is 321 g/mol. The zero-order valence-electron chi connectivity index (χ0n) is 12.0. The summed E-state index contributed by atoms with van der Waals surface area (Å²) in [6.45, 7) is 0. The first-order chi connectivity index (χ1) is 11.4. The van der Waals surface area contributed by atoms with Crippen LogP contribution in [0.25, 0.3) is 11.0 Å². The smallest absolute Gasteiger partial charge is 0.334 e. The van der Waals surface area contributed by atoms with Gasteiger partial charge in [-0.05, 0) is 42.5 Å². The van der Waals surface area contributed by atoms with E-state index in [1.54, 1.807) is 24.3 Å². The van der Waals surface area contributed by atoms with Crippen LogP contribution in [0, 0.1) is 11.3 Å². The molecule has 3 aromatic rings. The summed E-state index contributed by atoms with van der Waals surface area (Å²) in [6.07, 6.45) is -4.58. The second-order valence-electron chi connectivity index (χ2n) is 4.96. The van der Waals surface area contributed by atoms with Gasteiger partial charge in [0, 0.05) is 11.3 Å². The molecule has 0 aliphatic rings. The first kappa shape index (κ1) is 15.6. The average Bonchev–Trinajstić information content (AvgIpc) is 2.99. The van der Waals surface area contributed by atoms with Crippen LogP contribution in [-0.4, -0.2) is 15.9 Å². The number of amides is 1. The molecule has 2 aromatic carbocycles. The summed E-state index contributed by atoms with van der Waals surface area (Å²) >= 11 is 0. The number of aromatic amines is 1. The van der Waals surface area contributed by atoms with Gasteiger partial charge in [-0.15, -0.1) is 0 Å². The lowest BCUT2D eigenvalue weighted by atomic mass is 10.1. The quantitative estimate of drug-likeness (QED) is 0.751. The largest absolute Gasteiger partial charge is 0.449 e. The standard InChI is InChI=1S/C16H9F3N4O/c17-16(18,19)15-22-12-6-3-10(7-13(12)23-15)14(24)21-11-4-1-9(8-20)2-5-11/h1-7H,(H,21,24)(H,22,23). The molecule has 0 aliphatic carbocycles. The van der Waals surface area contributed by atoms with E-state index in [9.17, 15) is 18.0 Å². The Morgan fingerprint density at radius 1 is 1.17 bits per heavy atom. The van der Waals surface area contributed by atoms with Gasteiger partial charge < -0.3 is 10.3 Å². The van der Waals surface area contributed by atoms with Gasteiger partial charge in [0.2, 0.25) is 5.82 Å². The van der Waals surface area contributed by atoms with E-state index in [0.717, 1.165) is 0 Å². The first-order valence-corrected chi connectivity index (χ1v) is 6.75. The molecule has 0 unspecified atom stereocenters. The Kier molecular flexibility index (Phi) is 3.69. The van der Waals surface area contributed by atoms with Gasteiger partial charge in [0.25, 0.3) is 5.91 Å². The number of hydrogen-bond donors (Lipinski definition) is 2. The lowest BCUT2D eigenvalue weighted by Crippen LogP contribution is -2.11. The van der Waals surface area contributed by atoms with Crippen molar-refractivity contribution in [3.8, 4) is 6.07 Å². The molecule has 0 atom stereocenters. The number of nitrogens with zero attached hydrogens (tertiary/aromatic N) is 2. The van der Waals surface area contributed by atoms with E-state index in [-0.39, 0.29) is 16.6 Å². The van der Waals surface area contributed by atoms with Crippen molar-refractivity contribution in [2.24, 2.45) is 0 Å². The summed E-state index contributed by atoms with van der Waals surface area (Å²) < 4.78 is 37.9. The molecule has 0 radical (unpaired) electrons. The Hall–Kier alpha value is -3.34. The van der Waals surface area contributed by atoms with Gasteiger partial charge in [-0.3, -0.25) is 4.79 Å². The van der Waals surface area contributed by atoms with E-state index >= 15 is 0 Å². The van der Waals surface area contributed by atoms with Gasteiger partial charge in [0.15, 0.2) is 0 Å². The maximum atomic E-state index is 12.6. The summed E-state index contributed by atoms with van der Waals surface area (Å²) in [6, 6.07) is 12.2. The highest BCUT2D eigenvalue weighted by Gasteiger charge is 2.34. The molecule has 0 saturated carbocycles. The van der Waals surface area contributed by atoms with Crippen molar-refractivity contribution in [2.45, 2.75) is 6.18 Å². The van der Waals surface area contributed by atoms with Crippen molar-refractivity contribution in [3.05, 3.63) is 59.4 Å². The highest BCUT2D eigenvalue weighted by Crippen LogP contribution is 2.28. The van der Waals surface area contributed by atoms with E-state index < -0.39 is 17.9 Å². The van der Waals surface area contributed by atoms with E-state index in [1.807, 2.05) is 6.07 Å². The number of fused-ring (bicyclic) bond motifs is 1. The zero-order valence-corrected chi connectivity index (χ0v) is 12.0. The Balaban J connectivity index is 1.85. The van der Waals surface area contributed by atoms with E-state index in [2.05, 4.69) is 15.3 Å². The Bertz CT molecular complexity index is 952. The maximum Gasteiger partial charge on any atom is 0.449 e. The van der Waals surface area contributed by atoms with Crippen molar-refractivity contribution in [3.63, 3.8) is 0 Å². The first-order valence-electron chi connectivity index (χ1n) is 6.75. The van der Waals surface area contributed by atoms with Gasteiger partial charge >= 0.3 is 6.18 Å². The third kappa shape index (κ3) is 3.05. The minimum Gasteiger partial charge on any atom is -0.334 e. The predicted octanol–water partition coefficient (Wildman–Crippen LogP) is 3.71. The number of carbonyl (C=O) groups is 1. The number of nitriles is 1. The monoisotopic (exact) mass is 330 g/mol. The zero-order chi connectivity index (χ0) is 17.3. The molecule has 1 amide bonds. The molecule has 1 aromatic heterocycles. The van der Waals surface area contributed by atoms with Crippen molar-refractivity contribution < 1.29 is 18.0 Å². The van der Waals surface area contributed by atoms with Crippen molar-refractivity contribution >= 4 is 22.6 Å². The predicted molar refractivity (Wildman–Crippen MR) is 80.2 cm³/mol. The van der Waals surface area contributed by atoms with E-state index in [0.29, 0.717) is 11.3 Å². The molecule has 120 valence electrons. The number of halogens is 3. The summed E-state index contributed by atoms with van der Waals surface area (Å²) in [7, 11) is 0. The Labute approximate surface area is 133 Å². The third-order valence-corrected chi connectivity index (χ3v) is 3.28. The lowest BCUT2D eigenvalue weighted by Gasteiger charge is -2.05. The normalized spacial score (nSPS) is 11.2. The van der Waals surface area contributed by atoms with Gasteiger partial charge in [0.05, 0.1) is 22.7 Å². The lowest BCUT2D eigenvalue weighted by molar-refractivity contribution is -0.144. The minimum atomic E-state index is -4.58. The van der Waals surface area contributed by atoms with Crippen LogP contribution in [0.2, 0.25) is 0 Å². The van der Waals surface area contributed by atoms with Gasteiger partial charge in [-0.1, -0.05) is 0 Å². The Morgan fingerprint density at radius 2 is 1.88 bits per heavy atom. The second-order valence-corrected chi connectivity index (χ2v) is 4.96. The minimum absolute atomic E-state index is 0.120.